The van der Waals surface area contributed by atoms with Gasteiger partial charge in [-0.1, -0.05) is 30.3 Å². The molecular weight excluding hydrogens is 330 g/mol. The normalized spacial score (nSPS) is 25.8. The molecule has 2 saturated heterocycles. The van der Waals surface area contributed by atoms with E-state index in [1.54, 1.807) is 30.3 Å². The monoisotopic (exact) mass is 347 g/mol. The molecule has 3 N–H and O–H groups in total. The van der Waals surface area contributed by atoms with Crippen LogP contribution < -0.4 is 5.32 Å². The lowest BCUT2D eigenvalue weighted by molar-refractivity contribution is -0.166. The Morgan fingerprint density at radius 3 is 2.44 bits per heavy atom. The zero-order valence-electron chi connectivity index (χ0n) is 13.3. The second kappa shape index (κ2) is 6.17. The van der Waals surface area contributed by atoms with Crippen LogP contribution in [-0.2, 0) is 19.2 Å². The second-order valence-corrected chi connectivity index (χ2v) is 6.00. The molecule has 9 nitrogen and oxygen atoms in total. The lowest BCUT2D eigenvalue weighted by Gasteiger charge is -2.43. The van der Waals surface area contributed by atoms with Crippen LogP contribution in [0.1, 0.15) is 18.6 Å². The van der Waals surface area contributed by atoms with Gasteiger partial charge in [0.1, 0.15) is 6.04 Å². The number of hydrogen-bond acceptors (Lipinski definition) is 5. The molecule has 0 spiro atoms. The number of rotatable bonds is 4. The Morgan fingerprint density at radius 2 is 1.88 bits per heavy atom. The van der Waals surface area contributed by atoms with Crippen LogP contribution in [0.15, 0.2) is 30.3 Å². The number of nitrogens with zero attached hydrogens (tertiary/aromatic N) is 2. The third-order valence-electron chi connectivity index (χ3n) is 4.49. The Kier molecular flexibility index (Phi) is 4.17. The van der Waals surface area contributed by atoms with Crippen molar-refractivity contribution >= 4 is 23.7 Å². The summed E-state index contributed by atoms with van der Waals surface area (Å²) in [6.45, 7) is 1.24. The molecule has 0 radical (unpaired) electrons. The van der Waals surface area contributed by atoms with Crippen molar-refractivity contribution in [1.82, 2.24) is 15.1 Å². The standard InChI is InChI=1S/C16H17N3O6/c1-8(20)18-7-10-11(15(23)19(10)14(18)16(24)25)17-13(22)12(21)9-5-3-2-4-6-9/h2-6,10-12,14,21H,7H2,1H3,(H,17,22)(H,24,25)/t10?,11-,12?,14?/m0/s1. The van der Waals surface area contributed by atoms with E-state index < -0.39 is 48.0 Å². The van der Waals surface area contributed by atoms with E-state index in [1.807, 2.05) is 0 Å². The van der Waals surface area contributed by atoms with E-state index in [0.717, 1.165) is 9.80 Å². The van der Waals surface area contributed by atoms with E-state index in [1.165, 1.54) is 6.92 Å². The average molecular weight is 347 g/mol. The SMILES string of the molecule is CC(=O)N1CC2[C@H](NC(=O)C(O)c3ccccc3)C(=O)N2C1C(=O)O. The van der Waals surface area contributed by atoms with E-state index in [2.05, 4.69) is 5.32 Å². The van der Waals surface area contributed by atoms with E-state index in [0.29, 0.717) is 5.56 Å². The molecule has 3 rings (SSSR count). The van der Waals surface area contributed by atoms with Crippen LogP contribution in [0, 0.1) is 0 Å². The molecule has 1 aromatic rings. The fourth-order valence-corrected chi connectivity index (χ4v) is 3.24. The minimum Gasteiger partial charge on any atom is -0.478 e. The third-order valence-corrected chi connectivity index (χ3v) is 4.49. The second-order valence-electron chi connectivity index (χ2n) is 6.00. The number of carboxylic acids is 1. The van der Waals surface area contributed by atoms with Crippen LogP contribution in [0.4, 0.5) is 0 Å². The predicted octanol–water partition coefficient (Wildman–Crippen LogP) is -1.31. The van der Waals surface area contributed by atoms with Gasteiger partial charge in [-0.3, -0.25) is 14.4 Å². The van der Waals surface area contributed by atoms with Crippen LogP contribution in [0.2, 0.25) is 0 Å². The van der Waals surface area contributed by atoms with Gasteiger partial charge >= 0.3 is 5.97 Å². The number of benzene rings is 1. The van der Waals surface area contributed by atoms with Crippen molar-refractivity contribution in [2.75, 3.05) is 6.54 Å². The topological polar surface area (TPSA) is 127 Å². The van der Waals surface area contributed by atoms with Crippen molar-refractivity contribution in [3.05, 3.63) is 35.9 Å². The molecule has 0 aromatic heterocycles. The van der Waals surface area contributed by atoms with Gasteiger partial charge in [-0.2, -0.15) is 0 Å². The minimum atomic E-state index is -1.44. The fraction of sp³-hybridized carbons (Fsp3) is 0.375. The summed E-state index contributed by atoms with van der Waals surface area (Å²) >= 11 is 0. The first-order chi connectivity index (χ1) is 11.8. The van der Waals surface area contributed by atoms with Gasteiger partial charge in [0.05, 0.1) is 6.04 Å². The highest BCUT2D eigenvalue weighted by Gasteiger charge is 2.60. The Labute approximate surface area is 142 Å². The van der Waals surface area contributed by atoms with Crippen molar-refractivity contribution < 1.29 is 29.4 Å². The summed E-state index contributed by atoms with van der Waals surface area (Å²) in [4.78, 5) is 49.5. The molecular formula is C16H17N3O6. The van der Waals surface area contributed by atoms with E-state index in [9.17, 15) is 29.4 Å². The van der Waals surface area contributed by atoms with Gasteiger partial charge in [0.25, 0.3) is 5.91 Å². The number of aliphatic hydroxyl groups excluding tert-OH is 1. The number of carboxylic acid groups (broad SMARTS) is 1. The van der Waals surface area contributed by atoms with Gasteiger partial charge in [0, 0.05) is 13.5 Å². The summed E-state index contributed by atoms with van der Waals surface area (Å²) in [6.07, 6.45) is -2.80. The smallest absolute Gasteiger partial charge is 0.347 e. The summed E-state index contributed by atoms with van der Waals surface area (Å²) in [5.41, 5.74) is 0.379. The molecule has 25 heavy (non-hydrogen) atoms. The highest BCUT2D eigenvalue weighted by molar-refractivity contribution is 5.99. The number of hydrogen-bond donors (Lipinski definition) is 3. The van der Waals surface area contributed by atoms with Crippen molar-refractivity contribution in [3.63, 3.8) is 0 Å². The quantitative estimate of drug-likeness (QED) is 0.580. The molecule has 1 aromatic carbocycles. The number of fused-ring (bicyclic) bond motifs is 1. The van der Waals surface area contributed by atoms with Crippen molar-refractivity contribution in [3.8, 4) is 0 Å². The largest absolute Gasteiger partial charge is 0.478 e. The Hall–Kier alpha value is -2.94. The maximum absolute atomic E-state index is 12.2. The van der Waals surface area contributed by atoms with Gasteiger partial charge in [-0.05, 0) is 5.56 Å². The van der Waals surface area contributed by atoms with Gasteiger partial charge < -0.3 is 25.3 Å². The van der Waals surface area contributed by atoms with Gasteiger partial charge in [0.2, 0.25) is 18.0 Å². The number of carbonyl (C=O) groups is 4. The summed E-state index contributed by atoms with van der Waals surface area (Å²) in [6, 6.07) is 6.64. The summed E-state index contributed by atoms with van der Waals surface area (Å²) in [5, 5.41) is 21.8. The molecule has 2 aliphatic rings. The van der Waals surface area contributed by atoms with Crippen molar-refractivity contribution in [2.45, 2.75) is 31.3 Å². The lowest BCUT2D eigenvalue weighted by atomic mass is 9.96. The maximum atomic E-state index is 12.2. The minimum absolute atomic E-state index is 0.0183. The molecule has 2 aliphatic heterocycles. The van der Waals surface area contributed by atoms with Crippen LogP contribution >= 0.6 is 0 Å². The van der Waals surface area contributed by atoms with Gasteiger partial charge in [-0.25, -0.2) is 4.79 Å². The zero-order valence-corrected chi connectivity index (χ0v) is 13.3. The van der Waals surface area contributed by atoms with Crippen molar-refractivity contribution in [2.24, 2.45) is 0 Å². The molecule has 0 saturated carbocycles. The number of aliphatic carboxylic acids is 1. The first-order valence-corrected chi connectivity index (χ1v) is 7.68. The summed E-state index contributed by atoms with van der Waals surface area (Å²) in [5.74, 6) is -3.11. The highest BCUT2D eigenvalue weighted by Crippen LogP contribution is 2.33. The summed E-state index contributed by atoms with van der Waals surface area (Å²) < 4.78 is 0. The molecule has 3 unspecified atom stereocenters. The van der Waals surface area contributed by atoms with E-state index in [4.69, 9.17) is 0 Å². The molecule has 9 heteroatoms. The van der Waals surface area contributed by atoms with Crippen molar-refractivity contribution in [1.29, 1.82) is 0 Å². The summed E-state index contributed by atoms with van der Waals surface area (Å²) in [7, 11) is 0. The average Bonchev–Trinajstić information content (AvgIpc) is 2.96. The molecule has 132 valence electrons. The number of amides is 3. The fourth-order valence-electron chi connectivity index (χ4n) is 3.24. The first-order valence-electron chi connectivity index (χ1n) is 7.68. The maximum Gasteiger partial charge on any atom is 0.347 e. The van der Waals surface area contributed by atoms with Gasteiger partial charge in [0.15, 0.2) is 6.10 Å². The molecule has 2 fully saturated rings. The highest BCUT2D eigenvalue weighted by atomic mass is 16.4. The molecule has 0 aliphatic carbocycles. The van der Waals surface area contributed by atoms with E-state index >= 15 is 0 Å². The van der Waals surface area contributed by atoms with E-state index in [-0.39, 0.29) is 6.54 Å². The Bertz CT molecular complexity index is 737. The zero-order chi connectivity index (χ0) is 18.3. The third kappa shape index (κ3) is 2.72. The first kappa shape index (κ1) is 16.9. The Balaban J connectivity index is 1.72. The number of β-lactam (4-membered cyclic amide) rings is 1. The van der Waals surface area contributed by atoms with Crippen LogP contribution in [0.3, 0.4) is 0 Å². The lowest BCUT2D eigenvalue weighted by Crippen LogP contribution is -2.71. The van der Waals surface area contributed by atoms with Gasteiger partial charge in [-0.15, -0.1) is 0 Å². The Morgan fingerprint density at radius 1 is 1.24 bits per heavy atom. The number of aliphatic hydroxyl groups is 1. The number of nitrogens with one attached hydrogen (secondary N) is 1. The predicted molar refractivity (Wildman–Crippen MR) is 82.8 cm³/mol. The molecule has 4 atom stereocenters. The van der Waals surface area contributed by atoms with Crippen LogP contribution in [0.5, 0.6) is 0 Å². The molecule has 3 amide bonds. The molecule has 0 bridgehead atoms. The van der Waals surface area contributed by atoms with Crippen LogP contribution in [0.25, 0.3) is 0 Å². The molecule has 2 heterocycles. The van der Waals surface area contributed by atoms with Crippen LogP contribution in [-0.4, -0.2) is 68.5 Å². The number of carbonyl (C=O) groups excluding carboxylic acids is 3.